The second-order valence-electron chi connectivity index (χ2n) is 5.99. The van der Waals surface area contributed by atoms with Crippen LogP contribution in [0.5, 0.6) is 0 Å². The average Bonchev–Trinajstić information content (AvgIpc) is 2.98. The zero-order chi connectivity index (χ0) is 17.4. The normalized spacial score (nSPS) is 13.6. The molecular formula is C18H15FN2O3S. The molecule has 1 aromatic carbocycles. The van der Waals surface area contributed by atoms with Crippen LogP contribution in [0.3, 0.4) is 0 Å². The number of aromatic amines is 1. The quantitative estimate of drug-likeness (QED) is 0.729. The summed E-state index contributed by atoms with van der Waals surface area (Å²) < 4.78 is 18.3. The fourth-order valence-corrected chi connectivity index (χ4v) is 4.39. The molecule has 0 radical (unpaired) electrons. The Morgan fingerprint density at radius 3 is 3.00 bits per heavy atom. The molecule has 1 aliphatic rings. The van der Waals surface area contributed by atoms with Gasteiger partial charge in [-0.15, -0.1) is 11.3 Å². The Kier molecular flexibility index (Phi) is 4.09. The molecule has 0 unspecified atom stereocenters. The number of esters is 1. The van der Waals surface area contributed by atoms with Gasteiger partial charge in [0.1, 0.15) is 23.1 Å². The minimum absolute atomic E-state index is 0.120. The van der Waals surface area contributed by atoms with Crippen LogP contribution in [-0.2, 0) is 24.2 Å². The molecule has 0 saturated carbocycles. The topological polar surface area (TPSA) is 72.0 Å². The first-order chi connectivity index (χ1) is 12.1. The molecule has 0 saturated heterocycles. The van der Waals surface area contributed by atoms with Crippen molar-refractivity contribution in [2.24, 2.45) is 0 Å². The minimum atomic E-state index is -0.660. The lowest BCUT2D eigenvalue weighted by Crippen LogP contribution is -2.15. The predicted molar refractivity (Wildman–Crippen MR) is 92.4 cm³/mol. The van der Waals surface area contributed by atoms with Gasteiger partial charge in [-0.1, -0.05) is 6.07 Å². The smallest absolute Gasteiger partial charge is 0.338 e. The van der Waals surface area contributed by atoms with E-state index in [-0.39, 0.29) is 17.7 Å². The lowest BCUT2D eigenvalue weighted by Gasteiger charge is -2.09. The van der Waals surface area contributed by atoms with Crippen LogP contribution in [0.25, 0.3) is 10.2 Å². The zero-order valence-electron chi connectivity index (χ0n) is 13.3. The van der Waals surface area contributed by atoms with Crippen LogP contribution in [0.4, 0.5) is 4.39 Å². The van der Waals surface area contributed by atoms with Gasteiger partial charge in [-0.05, 0) is 49.4 Å². The molecule has 2 aromatic heterocycles. The van der Waals surface area contributed by atoms with Gasteiger partial charge in [-0.3, -0.25) is 4.79 Å². The number of carbonyl (C=O) groups excluding carboxylic acids is 1. The van der Waals surface area contributed by atoms with Gasteiger partial charge in [-0.2, -0.15) is 0 Å². The van der Waals surface area contributed by atoms with E-state index in [4.69, 9.17) is 4.74 Å². The number of thiophene rings is 1. The van der Waals surface area contributed by atoms with Gasteiger partial charge in [-0.25, -0.2) is 14.2 Å². The molecule has 0 amide bonds. The van der Waals surface area contributed by atoms with Gasteiger partial charge < -0.3 is 9.72 Å². The van der Waals surface area contributed by atoms with Crippen molar-refractivity contribution in [3.05, 3.63) is 62.3 Å². The van der Waals surface area contributed by atoms with Crippen molar-refractivity contribution in [3.63, 3.8) is 0 Å². The van der Waals surface area contributed by atoms with Crippen LogP contribution in [0.1, 0.15) is 39.5 Å². The van der Waals surface area contributed by atoms with Gasteiger partial charge in [0.25, 0.3) is 5.56 Å². The molecule has 0 aliphatic heterocycles. The summed E-state index contributed by atoms with van der Waals surface area (Å²) in [7, 11) is 0. The van der Waals surface area contributed by atoms with E-state index in [0.717, 1.165) is 37.3 Å². The fourth-order valence-electron chi connectivity index (χ4n) is 3.11. The number of hydrogen-bond acceptors (Lipinski definition) is 5. The van der Waals surface area contributed by atoms with Crippen molar-refractivity contribution in [2.45, 2.75) is 32.3 Å². The maximum Gasteiger partial charge on any atom is 0.338 e. The molecule has 1 aliphatic carbocycles. The van der Waals surface area contributed by atoms with Crippen LogP contribution in [0.2, 0.25) is 0 Å². The summed E-state index contributed by atoms with van der Waals surface area (Å²) in [5.41, 5.74) is 1.04. The van der Waals surface area contributed by atoms with Crippen molar-refractivity contribution in [2.75, 3.05) is 0 Å². The minimum Gasteiger partial charge on any atom is -0.454 e. The van der Waals surface area contributed by atoms with Crippen LogP contribution in [0, 0.1) is 5.82 Å². The van der Waals surface area contributed by atoms with Crippen LogP contribution in [0.15, 0.2) is 29.1 Å². The third kappa shape index (κ3) is 3.07. The Bertz CT molecular complexity index is 1020. The van der Waals surface area contributed by atoms with Crippen LogP contribution in [-0.4, -0.2) is 15.9 Å². The number of benzene rings is 1. The fraction of sp³-hybridized carbons (Fsp3) is 0.278. The number of aryl methyl sites for hydroxylation is 2. The standard InChI is InChI=1S/C18H15FN2O3S/c19-11-5-3-4-10(8-11)18(23)24-9-14-20-16(22)15-12-6-1-2-7-13(12)25-17(15)21-14/h3-5,8H,1-2,6-7,9H2,(H,20,21,22). The first kappa shape index (κ1) is 16.0. The van der Waals surface area contributed by atoms with E-state index in [9.17, 15) is 14.0 Å². The predicted octanol–water partition coefficient (Wildman–Crippen LogP) is 3.36. The van der Waals surface area contributed by atoms with E-state index in [1.54, 1.807) is 0 Å². The second-order valence-corrected chi connectivity index (χ2v) is 7.07. The summed E-state index contributed by atoms with van der Waals surface area (Å²) >= 11 is 1.54. The number of halogens is 1. The van der Waals surface area contributed by atoms with Crippen molar-refractivity contribution in [1.29, 1.82) is 0 Å². The molecule has 1 N–H and O–H groups in total. The van der Waals surface area contributed by atoms with Crippen molar-refractivity contribution in [3.8, 4) is 0 Å². The molecular weight excluding hydrogens is 343 g/mol. The molecule has 0 fully saturated rings. The van der Waals surface area contributed by atoms with Crippen molar-refractivity contribution in [1.82, 2.24) is 9.97 Å². The summed E-state index contributed by atoms with van der Waals surface area (Å²) in [6.45, 7) is -0.164. The highest BCUT2D eigenvalue weighted by Gasteiger charge is 2.20. The van der Waals surface area contributed by atoms with E-state index in [0.29, 0.717) is 16.0 Å². The third-order valence-electron chi connectivity index (χ3n) is 4.27. The first-order valence-electron chi connectivity index (χ1n) is 8.08. The zero-order valence-corrected chi connectivity index (χ0v) is 14.1. The number of aromatic nitrogens is 2. The highest BCUT2D eigenvalue weighted by Crippen LogP contribution is 2.33. The van der Waals surface area contributed by atoms with Crippen LogP contribution >= 0.6 is 11.3 Å². The van der Waals surface area contributed by atoms with Crippen molar-refractivity contribution >= 4 is 27.5 Å². The number of nitrogens with zero attached hydrogens (tertiary/aromatic N) is 1. The number of H-pyrrole nitrogens is 1. The number of hydrogen-bond donors (Lipinski definition) is 1. The van der Waals surface area contributed by atoms with Crippen molar-refractivity contribution < 1.29 is 13.9 Å². The Balaban J connectivity index is 1.58. The SMILES string of the molecule is O=C(OCc1nc2sc3c(c2c(=O)[nH]1)CCCC3)c1cccc(F)c1. The number of fused-ring (bicyclic) bond motifs is 3. The summed E-state index contributed by atoms with van der Waals surface area (Å²) in [6, 6.07) is 5.27. The van der Waals surface area contributed by atoms with E-state index >= 15 is 0 Å². The summed E-state index contributed by atoms with van der Waals surface area (Å²) in [5.74, 6) is -0.875. The molecule has 0 spiro atoms. The molecule has 4 rings (SSSR count). The molecule has 25 heavy (non-hydrogen) atoms. The van der Waals surface area contributed by atoms with Gasteiger partial charge in [0, 0.05) is 4.88 Å². The Labute approximate surface area is 146 Å². The van der Waals surface area contributed by atoms with Crippen LogP contribution < -0.4 is 5.56 Å². The first-order valence-corrected chi connectivity index (χ1v) is 8.89. The number of nitrogens with one attached hydrogen (secondary N) is 1. The lowest BCUT2D eigenvalue weighted by atomic mass is 9.97. The number of carbonyl (C=O) groups is 1. The van der Waals surface area contributed by atoms with Gasteiger partial charge >= 0.3 is 5.97 Å². The molecule has 2 heterocycles. The van der Waals surface area contributed by atoms with E-state index in [1.165, 1.54) is 34.4 Å². The lowest BCUT2D eigenvalue weighted by molar-refractivity contribution is 0.0462. The molecule has 7 heteroatoms. The monoisotopic (exact) mass is 358 g/mol. The Morgan fingerprint density at radius 1 is 1.32 bits per heavy atom. The Hall–Kier alpha value is -2.54. The number of rotatable bonds is 3. The largest absolute Gasteiger partial charge is 0.454 e. The molecule has 5 nitrogen and oxygen atoms in total. The molecule has 128 valence electrons. The van der Waals surface area contributed by atoms with Gasteiger partial charge in [0.15, 0.2) is 0 Å². The Morgan fingerprint density at radius 2 is 2.16 bits per heavy atom. The summed E-state index contributed by atoms with van der Waals surface area (Å²) in [5, 5.41) is 0.667. The third-order valence-corrected chi connectivity index (χ3v) is 5.46. The van der Waals surface area contributed by atoms with Gasteiger partial charge in [0.05, 0.1) is 10.9 Å². The highest BCUT2D eigenvalue weighted by atomic mass is 32.1. The summed E-state index contributed by atoms with van der Waals surface area (Å²) in [4.78, 5) is 33.4. The van der Waals surface area contributed by atoms with E-state index in [2.05, 4.69) is 9.97 Å². The summed E-state index contributed by atoms with van der Waals surface area (Å²) in [6.07, 6.45) is 4.12. The highest BCUT2D eigenvalue weighted by molar-refractivity contribution is 7.18. The van der Waals surface area contributed by atoms with E-state index in [1.807, 2.05) is 0 Å². The second kappa shape index (κ2) is 6.40. The maximum atomic E-state index is 13.2. The average molecular weight is 358 g/mol. The molecule has 0 bridgehead atoms. The maximum absolute atomic E-state index is 13.2. The molecule has 0 atom stereocenters. The number of ether oxygens (including phenoxy) is 1. The van der Waals surface area contributed by atoms with Gasteiger partial charge in [0.2, 0.25) is 0 Å². The molecule has 3 aromatic rings. The van der Waals surface area contributed by atoms with E-state index < -0.39 is 11.8 Å².